The van der Waals surface area contributed by atoms with Crippen molar-refractivity contribution in [3.05, 3.63) is 69.7 Å². The van der Waals surface area contributed by atoms with Crippen molar-refractivity contribution in [1.29, 1.82) is 0 Å². The standard InChI is InChI=1S/C19H18BrNO4/c1-12-4-3-5-15(10-12)18(23)21-13(2)19(24)25-11-17(22)14-6-8-16(20)9-7-14/h3-10,13H,11H2,1-2H3,(H,21,23)/t13-/m0/s1. The Kier molecular flexibility index (Phi) is 6.47. The van der Waals surface area contributed by atoms with Crippen LogP contribution >= 0.6 is 15.9 Å². The first-order valence-electron chi connectivity index (χ1n) is 7.70. The molecular formula is C19H18BrNO4. The van der Waals surface area contributed by atoms with Gasteiger partial charge in [0.15, 0.2) is 12.4 Å². The van der Waals surface area contributed by atoms with Crippen molar-refractivity contribution in [1.82, 2.24) is 5.32 Å². The van der Waals surface area contributed by atoms with E-state index in [1.165, 1.54) is 6.92 Å². The van der Waals surface area contributed by atoms with Gasteiger partial charge in [-0.1, -0.05) is 45.8 Å². The molecule has 6 heteroatoms. The lowest BCUT2D eigenvalue weighted by Gasteiger charge is -2.13. The highest BCUT2D eigenvalue weighted by molar-refractivity contribution is 9.10. The van der Waals surface area contributed by atoms with E-state index in [-0.39, 0.29) is 18.3 Å². The number of hydrogen-bond donors (Lipinski definition) is 1. The van der Waals surface area contributed by atoms with Crippen molar-refractivity contribution in [2.24, 2.45) is 0 Å². The van der Waals surface area contributed by atoms with Crippen molar-refractivity contribution in [2.75, 3.05) is 6.61 Å². The first-order valence-corrected chi connectivity index (χ1v) is 8.49. The van der Waals surface area contributed by atoms with Crippen LogP contribution < -0.4 is 5.32 Å². The van der Waals surface area contributed by atoms with Crippen molar-refractivity contribution in [3.63, 3.8) is 0 Å². The summed E-state index contributed by atoms with van der Waals surface area (Å²) >= 11 is 3.29. The lowest BCUT2D eigenvalue weighted by molar-refractivity contribution is -0.144. The molecule has 0 radical (unpaired) electrons. The summed E-state index contributed by atoms with van der Waals surface area (Å²) < 4.78 is 5.85. The summed E-state index contributed by atoms with van der Waals surface area (Å²) in [5.74, 6) is -1.34. The van der Waals surface area contributed by atoms with Crippen LogP contribution in [0.15, 0.2) is 53.0 Å². The molecule has 0 fully saturated rings. The van der Waals surface area contributed by atoms with Crippen LogP contribution in [0.5, 0.6) is 0 Å². The Bertz CT molecular complexity index is 786. The highest BCUT2D eigenvalue weighted by Gasteiger charge is 2.19. The normalized spacial score (nSPS) is 11.5. The van der Waals surface area contributed by atoms with E-state index in [9.17, 15) is 14.4 Å². The van der Waals surface area contributed by atoms with E-state index in [2.05, 4.69) is 21.2 Å². The van der Waals surface area contributed by atoms with Crippen LogP contribution in [0, 0.1) is 6.92 Å². The number of halogens is 1. The number of carbonyl (C=O) groups excluding carboxylic acids is 3. The van der Waals surface area contributed by atoms with Crippen LogP contribution in [0.25, 0.3) is 0 Å². The van der Waals surface area contributed by atoms with E-state index in [4.69, 9.17) is 4.74 Å². The van der Waals surface area contributed by atoms with Crippen LogP contribution in [-0.4, -0.2) is 30.3 Å². The van der Waals surface area contributed by atoms with Gasteiger partial charge in [0.25, 0.3) is 5.91 Å². The van der Waals surface area contributed by atoms with Gasteiger partial charge in [-0.05, 0) is 38.1 Å². The van der Waals surface area contributed by atoms with Gasteiger partial charge < -0.3 is 10.1 Å². The molecule has 5 nitrogen and oxygen atoms in total. The van der Waals surface area contributed by atoms with Gasteiger partial charge in [-0.25, -0.2) is 4.79 Å². The summed E-state index contributed by atoms with van der Waals surface area (Å²) in [6, 6.07) is 12.9. The summed E-state index contributed by atoms with van der Waals surface area (Å²) in [6.07, 6.45) is 0. The molecule has 0 unspecified atom stereocenters. The number of ether oxygens (including phenoxy) is 1. The van der Waals surface area contributed by atoms with Gasteiger partial charge in [0, 0.05) is 15.6 Å². The van der Waals surface area contributed by atoms with Gasteiger partial charge >= 0.3 is 5.97 Å². The maximum atomic E-state index is 12.1. The molecule has 1 N–H and O–H groups in total. The second-order valence-electron chi connectivity index (χ2n) is 5.60. The minimum atomic E-state index is -0.856. The molecule has 0 aromatic heterocycles. The maximum absolute atomic E-state index is 12.1. The smallest absolute Gasteiger partial charge is 0.328 e. The number of carbonyl (C=O) groups is 3. The fourth-order valence-electron chi connectivity index (χ4n) is 2.11. The topological polar surface area (TPSA) is 72.5 Å². The molecule has 2 aromatic carbocycles. The highest BCUT2D eigenvalue weighted by Crippen LogP contribution is 2.11. The number of Topliss-reactive ketones (excluding diaryl/α,β-unsaturated/α-hetero) is 1. The van der Waals surface area contributed by atoms with Gasteiger partial charge in [-0.3, -0.25) is 9.59 Å². The Morgan fingerprint density at radius 2 is 1.76 bits per heavy atom. The van der Waals surface area contributed by atoms with Crippen LogP contribution in [0.2, 0.25) is 0 Å². The number of benzene rings is 2. The molecule has 0 aliphatic rings. The second-order valence-corrected chi connectivity index (χ2v) is 6.52. The number of rotatable bonds is 6. The van der Waals surface area contributed by atoms with E-state index >= 15 is 0 Å². The second kappa shape index (κ2) is 8.58. The number of aryl methyl sites for hydroxylation is 1. The van der Waals surface area contributed by atoms with E-state index in [1.54, 1.807) is 42.5 Å². The maximum Gasteiger partial charge on any atom is 0.328 e. The SMILES string of the molecule is Cc1cccc(C(=O)N[C@@H](C)C(=O)OCC(=O)c2ccc(Br)cc2)c1. The van der Waals surface area contributed by atoms with Crippen molar-refractivity contribution < 1.29 is 19.1 Å². The number of esters is 1. The minimum absolute atomic E-state index is 0.307. The van der Waals surface area contributed by atoms with Crippen LogP contribution in [0.4, 0.5) is 0 Å². The quantitative estimate of drug-likeness (QED) is 0.593. The van der Waals surface area contributed by atoms with Gasteiger partial charge in [0.2, 0.25) is 0 Å². The average Bonchev–Trinajstić information content (AvgIpc) is 2.59. The third-order valence-electron chi connectivity index (χ3n) is 3.49. The molecule has 0 saturated carbocycles. The minimum Gasteiger partial charge on any atom is -0.456 e. The Balaban J connectivity index is 1.86. The summed E-state index contributed by atoms with van der Waals surface area (Å²) in [5.41, 5.74) is 1.86. The Morgan fingerprint density at radius 3 is 2.40 bits per heavy atom. The largest absolute Gasteiger partial charge is 0.456 e. The molecule has 0 bridgehead atoms. The van der Waals surface area contributed by atoms with Gasteiger partial charge in [0.1, 0.15) is 6.04 Å². The van der Waals surface area contributed by atoms with Gasteiger partial charge in [-0.2, -0.15) is 0 Å². The zero-order valence-corrected chi connectivity index (χ0v) is 15.5. The Morgan fingerprint density at radius 1 is 1.08 bits per heavy atom. The zero-order chi connectivity index (χ0) is 18.4. The van der Waals surface area contributed by atoms with Gasteiger partial charge in [-0.15, -0.1) is 0 Å². The highest BCUT2D eigenvalue weighted by atomic mass is 79.9. The van der Waals surface area contributed by atoms with E-state index in [0.717, 1.165) is 10.0 Å². The molecular weight excluding hydrogens is 386 g/mol. The summed E-state index contributed by atoms with van der Waals surface area (Å²) in [7, 11) is 0. The monoisotopic (exact) mass is 403 g/mol. The zero-order valence-electron chi connectivity index (χ0n) is 13.9. The molecule has 0 aliphatic heterocycles. The molecule has 0 aliphatic carbocycles. The Hall–Kier alpha value is -2.47. The molecule has 2 aromatic rings. The first kappa shape index (κ1) is 18.9. The molecule has 0 saturated heterocycles. The number of amides is 1. The molecule has 1 atom stereocenters. The summed E-state index contributed by atoms with van der Waals surface area (Å²) in [5, 5.41) is 2.56. The fraction of sp³-hybridized carbons (Fsp3) is 0.211. The number of nitrogens with one attached hydrogen (secondary N) is 1. The first-order chi connectivity index (χ1) is 11.9. The van der Waals surface area contributed by atoms with E-state index in [1.807, 2.05) is 13.0 Å². The molecule has 0 heterocycles. The third kappa shape index (κ3) is 5.53. The average molecular weight is 404 g/mol. The van der Waals surface area contributed by atoms with Crippen molar-refractivity contribution in [3.8, 4) is 0 Å². The lowest BCUT2D eigenvalue weighted by atomic mass is 10.1. The predicted octanol–water partition coefficient (Wildman–Crippen LogP) is 3.30. The fourth-order valence-corrected chi connectivity index (χ4v) is 2.37. The summed E-state index contributed by atoms with van der Waals surface area (Å²) in [6.45, 7) is 3.02. The van der Waals surface area contributed by atoms with Crippen molar-refractivity contribution >= 4 is 33.6 Å². The number of hydrogen-bond acceptors (Lipinski definition) is 4. The predicted molar refractivity (Wildman–Crippen MR) is 97.5 cm³/mol. The van der Waals surface area contributed by atoms with E-state index < -0.39 is 12.0 Å². The van der Waals surface area contributed by atoms with Crippen molar-refractivity contribution in [2.45, 2.75) is 19.9 Å². The number of ketones is 1. The molecule has 2 rings (SSSR count). The molecule has 0 spiro atoms. The molecule has 130 valence electrons. The van der Waals surface area contributed by atoms with E-state index in [0.29, 0.717) is 11.1 Å². The molecule has 1 amide bonds. The van der Waals surface area contributed by atoms with Crippen LogP contribution in [0.1, 0.15) is 33.2 Å². The molecule has 25 heavy (non-hydrogen) atoms. The summed E-state index contributed by atoms with van der Waals surface area (Å²) in [4.78, 5) is 36.1. The Labute approximate surface area is 154 Å². The van der Waals surface area contributed by atoms with Gasteiger partial charge in [0.05, 0.1) is 0 Å². The van der Waals surface area contributed by atoms with Crippen LogP contribution in [0.3, 0.4) is 0 Å². The lowest BCUT2D eigenvalue weighted by Crippen LogP contribution is -2.40. The van der Waals surface area contributed by atoms with Crippen LogP contribution in [-0.2, 0) is 9.53 Å². The third-order valence-corrected chi connectivity index (χ3v) is 4.02.